The summed E-state index contributed by atoms with van der Waals surface area (Å²) in [4.78, 5) is 8.39. The predicted molar refractivity (Wildman–Crippen MR) is 76.7 cm³/mol. The Balaban J connectivity index is 2.06. The Morgan fingerprint density at radius 3 is 2.90 bits per heavy atom. The van der Waals surface area contributed by atoms with Crippen LogP contribution in [0.25, 0.3) is 22.8 Å². The highest BCUT2D eigenvalue weighted by Crippen LogP contribution is 2.29. The lowest BCUT2D eigenvalue weighted by atomic mass is 10.1. The number of pyridine rings is 1. The monoisotopic (exact) mass is 284 g/mol. The second kappa shape index (κ2) is 5.32. The van der Waals surface area contributed by atoms with Crippen LogP contribution >= 0.6 is 0 Å². The van der Waals surface area contributed by atoms with E-state index in [0.29, 0.717) is 11.4 Å². The maximum absolute atomic E-state index is 13.5. The molecule has 6 heteroatoms. The number of aryl methyl sites for hydroxylation is 1. The fourth-order valence-corrected chi connectivity index (χ4v) is 2.09. The minimum atomic E-state index is -0.509. The molecule has 3 rings (SSSR count). The Kier molecular flexibility index (Phi) is 3.35. The van der Waals surface area contributed by atoms with Gasteiger partial charge in [0, 0.05) is 18.0 Å². The Labute approximate surface area is 120 Å². The van der Waals surface area contributed by atoms with Crippen LogP contribution in [-0.2, 0) is 6.42 Å². The van der Waals surface area contributed by atoms with Gasteiger partial charge in [0.05, 0.1) is 11.3 Å². The second-order valence-electron chi connectivity index (χ2n) is 4.51. The first kappa shape index (κ1) is 13.2. The molecule has 0 saturated carbocycles. The van der Waals surface area contributed by atoms with Gasteiger partial charge in [0.15, 0.2) is 0 Å². The lowest BCUT2D eigenvalue weighted by Crippen LogP contribution is -1.94. The summed E-state index contributed by atoms with van der Waals surface area (Å²) >= 11 is 0. The molecule has 0 amide bonds. The molecule has 0 radical (unpaired) electrons. The van der Waals surface area contributed by atoms with Crippen molar-refractivity contribution in [3.63, 3.8) is 0 Å². The summed E-state index contributed by atoms with van der Waals surface area (Å²) in [6.45, 7) is 2.02. The van der Waals surface area contributed by atoms with Crippen molar-refractivity contribution in [1.29, 1.82) is 0 Å². The number of para-hydroxylation sites is 1. The summed E-state index contributed by atoms with van der Waals surface area (Å²) in [5.41, 5.74) is 7.95. The minimum Gasteiger partial charge on any atom is -0.396 e. The minimum absolute atomic E-state index is 0.00172. The molecule has 0 fully saturated rings. The molecule has 0 saturated heterocycles. The number of hydrogen-bond donors (Lipinski definition) is 1. The molecule has 106 valence electrons. The van der Waals surface area contributed by atoms with Crippen molar-refractivity contribution in [2.75, 3.05) is 5.73 Å². The number of aromatic nitrogens is 3. The van der Waals surface area contributed by atoms with Gasteiger partial charge in [-0.05, 0) is 30.2 Å². The van der Waals surface area contributed by atoms with Gasteiger partial charge >= 0.3 is 0 Å². The molecular formula is C15H13FN4O. The zero-order valence-corrected chi connectivity index (χ0v) is 11.4. The lowest BCUT2D eigenvalue weighted by Gasteiger charge is -2.01. The van der Waals surface area contributed by atoms with E-state index in [1.165, 1.54) is 6.07 Å². The van der Waals surface area contributed by atoms with Crippen molar-refractivity contribution in [3.05, 3.63) is 48.0 Å². The van der Waals surface area contributed by atoms with E-state index in [-0.39, 0.29) is 11.6 Å². The van der Waals surface area contributed by atoms with Crippen LogP contribution in [0.15, 0.2) is 41.2 Å². The third kappa shape index (κ3) is 2.35. The molecular weight excluding hydrogens is 271 g/mol. The molecule has 21 heavy (non-hydrogen) atoms. The summed E-state index contributed by atoms with van der Waals surface area (Å²) < 4.78 is 18.7. The molecule has 2 aromatic heterocycles. The highest BCUT2D eigenvalue weighted by atomic mass is 19.1. The topological polar surface area (TPSA) is 77.8 Å². The molecule has 0 atom stereocenters. The van der Waals surface area contributed by atoms with Crippen molar-refractivity contribution in [3.8, 4) is 22.8 Å². The molecule has 0 spiro atoms. The molecule has 0 aliphatic rings. The summed E-state index contributed by atoms with van der Waals surface area (Å²) in [7, 11) is 0. The third-order valence-corrected chi connectivity index (χ3v) is 3.23. The van der Waals surface area contributed by atoms with E-state index in [0.717, 1.165) is 17.5 Å². The first-order valence-corrected chi connectivity index (χ1v) is 6.52. The largest absolute Gasteiger partial charge is 0.396 e. The van der Waals surface area contributed by atoms with Gasteiger partial charge in [-0.15, -0.1) is 0 Å². The fourth-order valence-electron chi connectivity index (χ4n) is 2.09. The Morgan fingerprint density at radius 2 is 2.10 bits per heavy atom. The molecule has 3 aromatic rings. The second-order valence-corrected chi connectivity index (χ2v) is 4.51. The Bertz CT molecular complexity index is 785. The smallest absolute Gasteiger partial charge is 0.260 e. The van der Waals surface area contributed by atoms with Crippen LogP contribution in [-0.4, -0.2) is 15.1 Å². The van der Waals surface area contributed by atoms with Gasteiger partial charge in [-0.3, -0.25) is 4.98 Å². The summed E-state index contributed by atoms with van der Waals surface area (Å²) in [5, 5.41) is 3.95. The van der Waals surface area contributed by atoms with Crippen molar-refractivity contribution < 1.29 is 8.91 Å². The molecule has 0 unspecified atom stereocenters. The third-order valence-electron chi connectivity index (χ3n) is 3.23. The first-order valence-electron chi connectivity index (χ1n) is 6.52. The number of nitrogen functional groups attached to an aromatic ring is 1. The van der Waals surface area contributed by atoms with E-state index in [1.807, 2.05) is 13.0 Å². The van der Waals surface area contributed by atoms with E-state index in [4.69, 9.17) is 10.3 Å². The van der Waals surface area contributed by atoms with Crippen LogP contribution in [0.3, 0.4) is 0 Å². The van der Waals surface area contributed by atoms with Gasteiger partial charge in [0.2, 0.25) is 5.82 Å². The van der Waals surface area contributed by atoms with Crippen LogP contribution in [0.2, 0.25) is 0 Å². The summed E-state index contributed by atoms with van der Waals surface area (Å²) in [5.74, 6) is 0.124. The zero-order chi connectivity index (χ0) is 14.8. The van der Waals surface area contributed by atoms with E-state index >= 15 is 0 Å². The number of hydrogen-bond acceptors (Lipinski definition) is 5. The van der Waals surface area contributed by atoms with Crippen LogP contribution < -0.4 is 5.73 Å². The number of nitrogens with two attached hydrogens (primary N) is 1. The van der Waals surface area contributed by atoms with Crippen LogP contribution in [0, 0.1) is 5.82 Å². The maximum Gasteiger partial charge on any atom is 0.260 e. The Hall–Kier alpha value is -2.76. The van der Waals surface area contributed by atoms with Crippen LogP contribution in [0.4, 0.5) is 10.1 Å². The molecule has 0 aliphatic carbocycles. The van der Waals surface area contributed by atoms with Gasteiger partial charge in [0.1, 0.15) is 5.82 Å². The van der Waals surface area contributed by atoms with Crippen molar-refractivity contribution in [2.45, 2.75) is 13.3 Å². The van der Waals surface area contributed by atoms with E-state index in [9.17, 15) is 4.39 Å². The Morgan fingerprint density at radius 1 is 1.24 bits per heavy atom. The van der Waals surface area contributed by atoms with Crippen molar-refractivity contribution >= 4 is 5.69 Å². The van der Waals surface area contributed by atoms with Crippen LogP contribution in [0.1, 0.15) is 12.5 Å². The van der Waals surface area contributed by atoms with Crippen LogP contribution in [0.5, 0.6) is 0 Å². The average Bonchev–Trinajstić information content (AvgIpc) is 2.99. The first-order chi connectivity index (χ1) is 10.2. The number of anilines is 1. The van der Waals surface area contributed by atoms with E-state index in [2.05, 4.69) is 15.1 Å². The van der Waals surface area contributed by atoms with Crippen molar-refractivity contribution in [1.82, 2.24) is 15.1 Å². The predicted octanol–water partition coefficient (Wildman–Crippen LogP) is 3.08. The number of nitrogens with zero attached hydrogens (tertiary/aromatic N) is 3. The molecule has 0 aliphatic heterocycles. The average molecular weight is 284 g/mol. The van der Waals surface area contributed by atoms with Gasteiger partial charge in [-0.1, -0.05) is 18.1 Å². The molecule has 2 heterocycles. The summed E-state index contributed by atoms with van der Waals surface area (Å²) in [6.07, 6.45) is 4.23. The van der Waals surface area contributed by atoms with E-state index in [1.54, 1.807) is 24.5 Å². The van der Waals surface area contributed by atoms with Gasteiger partial charge in [-0.2, -0.15) is 4.98 Å². The fraction of sp³-hybridized carbons (Fsp3) is 0.133. The SMILES string of the molecule is CCc1cnccc1-c1noc(-c2cccc(F)c2N)n1. The van der Waals surface area contributed by atoms with E-state index < -0.39 is 5.82 Å². The van der Waals surface area contributed by atoms with Gasteiger partial charge in [0.25, 0.3) is 5.89 Å². The number of halogens is 1. The highest BCUT2D eigenvalue weighted by Gasteiger charge is 2.16. The normalized spacial score (nSPS) is 10.8. The van der Waals surface area contributed by atoms with Gasteiger partial charge < -0.3 is 10.3 Å². The standard InChI is InChI=1S/C15H13FN4O/c1-2-9-8-18-7-6-10(9)14-19-15(21-20-14)11-4-3-5-12(16)13(11)17/h3-8H,2,17H2,1H3. The van der Waals surface area contributed by atoms with Gasteiger partial charge in [-0.25, -0.2) is 4.39 Å². The molecule has 5 nitrogen and oxygen atoms in total. The molecule has 1 aromatic carbocycles. The molecule has 0 bridgehead atoms. The quantitative estimate of drug-likeness (QED) is 0.748. The number of benzene rings is 1. The van der Waals surface area contributed by atoms with Crippen molar-refractivity contribution in [2.24, 2.45) is 0 Å². The highest BCUT2D eigenvalue weighted by molar-refractivity contribution is 5.72. The lowest BCUT2D eigenvalue weighted by molar-refractivity contribution is 0.432. The molecule has 2 N–H and O–H groups in total. The zero-order valence-electron chi connectivity index (χ0n) is 11.4. The number of rotatable bonds is 3. The summed E-state index contributed by atoms with van der Waals surface area (Å²) in [6, 6.07) is 6.30. The maximum atomic E-state index is 13.5.